The molecule has 2 N–H and O–H groups in total. The Morgan fingerprint density at radius 1 is 0.950 bits per heavy atom. The molecule has 0 aliphatic heterocycles. The van der Waals surface area contributed by atoms with E-state index in [-0.39, 0.29) is 11.9 Å². The van der Waals surface area contributed by atoms with Crippen LogP contribution in [0.4, 0.5) is 4.39 Å². The Labute approximate surface area is 118 Å². The largest absolute Gasteiger partial charge is 0.496 e. The van der Waals surface area contributed by atoms with Gasteiger partial charge in [-0.25, -0.2) is 4.39 Å². The summed E-state index contributed by atoms with van der Waals surface area (Å²) < 4.78 is 24.2. The molecule has 3 nitrogen and oxygen atoms in total. The van der Waals surface area contributed by atoms with Crippen molar-refractivity contribution in [3.63, 3.8) is 0 Å². The molecule has 0 spiro atoms. The molecular formula is C16H18FNO2. The van der Waals surface area contributed by atoms with E-state index in [4.69, 9.17) is 15.2 Å². The number of halogens is 1. The first-order valence-electron chi connectivity index (χ1n) is 6.34. The third-order valence-corrected chi connectivity index (χ3v) is 3.20. The standard InChI is InChI=1S/C16H18FNO2/c1-10(18)11-4-6-15(19-2)13(8-11)14-9-12(17)5-7-16(14)20-3/h4-10H,18H2,1-3H3. The molecule has 0 aliphatic rings. The Kier molecular flexibility index (Phi) is 4.25. The molecule has 1 atom stereocenters. The lowest BCUT2D eigenvalue weighted by atomic mass is 9.98. The van der Waals surface area contributed by atoms with Crippen LogP contribution in [0.15, 0.2) is 36.4 Å². The van der Waals surface area contributed by atoms with Crippen molar-refractivity contribution in [3.8, 4) is 22.6 Å². The van der Waals surface area contributed by atoms with Crippen molar-refractivity contribution in [1.29, 1.82) is 0 Å². The Balaban J connectivity index is 2.66. The van der Waals surface area contributed by atoms with Gasteiger partial charge in [-0.2, -0.15) is 0 Å². The number of ether oxygens (including phenoxy) is 2. The van der Waals surface area contributed by atoms with Crippen LogP contribution in [-0.4, -0.2) is 14.2 Å². The average molecular weight is 275 g/mol. The van der Waals surface area contributed by atoms with Gasteiger partial charge in [0.2, 0.25) is 0 Å². The molecule has 0 amide bonds. The average Bonchev–Trinajstić information content (AvgIpc) is 2.46. The number of hydrogen-bond acceptors (Lipinski definition) is 3. The molecule has 106 valence electrons. The summed E-state index contributed by atoms with van der Waals surface area (Å²) in [5.41, 5.74) is 8.27. The molecule has 0 saturated carbocycles. The molecular weight excluding hydrogens is 257 g/mol. The van der Waals surface area contributed by atoms with Gasteiger partial charge < -0.3 is 15.2 Å². The van der Waals surface area contributed by atoms with Crippen molar-refractivity contribution in [2.45, 2.75) is 13.0 Å². The highest BCUT2D eigenvalue weighted by molar-refractivity contribution is 5.76. The first kappa shape index (κ1) is 14.3. The molecule has 0 bridgehead atoms. The molecule has 2 rings (SSSR count). The zero-order valence-electron chi connectivity index (χ0n) is 11.8. The summed E-state index contributed by atoms with van der Waals surface area (Å²) in [6.45, 7) is 1.90. The summed E-state index contributed by atoms with van der Waals surface area (Å²) in [6.07, 6.45) is 0. The summed E-state index contributed by atoms with van der Waals surface area (Å²) in [7, 11) is 3.13. The van der Waals surface area contributed by atoms with Crippen LogP contribution in [0, 0.1) is 5.82 Å². The quantitative estimate of drug-likeness (QED) is 0.928. The first-order valence-corrected chi connectivity index (χ1v) is 6.34. The Morgan fingerprint density at radius 3 is 2.05 bits per heavy atom. The predicted octanol–water partition coefficient (Wildman–Crippen LogP) is 3.53. The summed E-state index contributed by atoms with van der Waals surface area (Å²) in [6, 6.07) is 9.92. The van der Waals surface area contributed by atoms with Crippen molar-refractivity contribution in [2.75, 3.05) is 14.2 Å². The summed E-state index contributed by atoms with van der Waals surface area (Å²) in [5.74, 6) is 0.916. The first-order chi connectivity index (χ1) is 9.56. The van der Waals surface area contributed by atoms with E-state index in [9.17, 15) is 4.39 Å². The van der Waals surface area contributed by atoms with Gasteiger partial charge >= 0.3 is 0 Å². The number of hydrogen-bond donors (Lipinski definition) is 1. The lowest BCUT2D eigenvalue weighted by Gasteiger charge is -2.15. The number of benzene rings is 2. The summed E-state index contributed by atoms with van der Waals surface area (Å²) in [5, 5.41) is 0. The van der Waals surface area contributed by atoms with Gasteiger partial charge in [-0.05, 0) is 42.8 Å². The Bertz CT molecular complexity index is 611. The van der Waals surface area contributed by atoms with Crippen LogP contribution in [0.3, 0.4) is 0 Å². The number of methoxy groups -OCH3 is 2. The highest BCUT2D eigenvalue weighted by Crippen LogP contribution is 2.38. The molecule has 0 radical (unpaired) electrons. The Hall–Kier alpha value is -2.07. The molecule has 0 heterocycles. The second-order valence-electron chi connectivity index (χ2n) is 4.59. The van der Waals surface area contributed by atoms with Crippen LogP contribution in [-0.2, 0) is 0 Å². The highest BCUT2D eigenvalue weighted by atomic mass is 19.1. The van der Waals surface area contributed by atoms with Gasteiger partial charge in [0.25, 0.3) is 0 Å². The highest BCUT2D eigenvalue weighted by Gasteiger charge is 2.14. The van der Waals surface area contributed by atoms with E-state index in [0.29, 0.717) is 17.1 Å². The van der Waals surface area contributed by atoms with Gasteiger partial charge in [0, 0.05) is 17.2 Å². The molecule has 0 fully saturated rings. The van der Waals surface area contributed by atoms with Crippen molar-refractivity contribution < 1.29 is 13.9 Å². The minimum Gasteiger partial charge on any atom is -0.496 e. The molecule has 20 heavy (non-hydrogen) atoms. The smallest absolute Gasteiger partial charge is 0.127 e. The minimum atomic E-state index is -0.325. The van der Waals surface area contributed by atoms with Crippen molar-refractivity contribution >= 4 is 0 Å². The third kappa shape index (κ3) is 2.75. The van der Waals surface area contributed by atoms with Crippen molar-refractivity contribution in [1.82, 2.24) is 0 Å². The van der Waals surface area contributed by atoms with Gasteiger partial charge in [0.15, 0.2) is 0 Å². The molecule has 2 aromatic carbocycles. The van der Waals surface area contributed by atoms with Crippen molar-refractivity contribution in [2.24, 2.45) is 5.73 Å². The maximum atomic E-state index is 13.5. The van der Waals surface area contributed by atoms with Gasteiger partial charge in [0.1, 0.15) is 17.3 Å². The van der Waals surface area contributed by atoms with Crippen molar-refractivity contribution in [3.05, 3.63) is 47.8 Å². The molecule has 0 aliphatic carbocycles. The zero-order valence-corrected chi connectivity index (χ0v) is 11.8. The van der Waals surface area contributed by atoms with Gasteiger partial charge in [-0.1, -0.05) is 6.07 Å². The lowest BCUT2D eigenvalue weighted by molar-refractivity contribution is 0.409. The van der Waals surface area contributed by atoms with E-state index < -0.39 is 0 Å². The van der Waals surface area contributed by atoms with E-state index in [0.717, 1.165) is 11.1 Å². The zero-order chi connectivity index (χ0) is 14.7. The number of nitrogens with two attached hydrogens (primary N) is 1. The monoisotopic (exact) mass is 275 g/mol. The molecule has 0 saturated heterocycles. The molecule has 4 heteroatoms. The third-order valence-electron chi connectivity index (χ3n) is 3.20. The van der Waals surface area contributed by atoms with Gasteiger partial charge in [-0.3, -0.25) is 0 Å². The summed E-state index contributed by atoms with van der Waals surface area (Å²) >= 11 is 0. The van der Waals surface area contributed by atoms with Gasteiger partial charge in [0.05, 0.1) is 14.2 Å². The minimum absolute atomic E-state index is 0.112. The predicted molar refractivity (Wildman–Crippen MR) is 77.5 cm³/mol. The fourth-order valence-electron chi connectivity index (χ4n) is 2.11. The SMILES string of the molecule is COc1ccc(F)cc1-c1cc(C(C)N)ccc1OC. The fourth-order valence-corrected chi connectivity index (χ4v) is 2.11. The number of rotatable bonds is 4. The van der Waals surface area contributed by atoms with Crippen LogP contribution < -0.4 is 15.2 Å². The second-order valence-corrected chi connectivity index (χ2v) is 4.59. The normalized spacial score (nSPS) is 12.1. The van der Waals surface area contributed by atoms with Crippen LogP contribution in [0.2, 0.25) is 0 Å². The van der Waals surface area contributed by atoms with Crippen LogP contribution in [0.5, 0.6) is 11.5 Å². The Morgan fingerprint density at radius 2 is 1.50 bits per heavy atom. The van der Waals surface area contributed by atoms with E-state index in [1.54, 1.807) is 20.3 Å². The van der Waals surface area contributed by atoms with Gasteiger partial charge in [-0.15, -0.1) is 0 Å². The van der Waals surface area contributed by atoms with E-state index in [1.807, 2.05) is 25.1 Å². The molecule has 2 aromatic rings. The fraction of sp³-hybridized carbons (Fsp3) is 0.250. The maximum Gasteiger partial charge on any atom is 0.127 e. The van der Waals surface area contributed by atoms with Crippen LogP contribution in [0.1, 0.15) is 18.5 Å². The second kappa shape index (κ2) is 5.92. The van der Waals surface area contributed by atoms with Crippen LogP contribution >= 0.6 is 0 Å². The van der Waals surface area contributed by atoms with E-state index >= 15 is 0 Å². The maximum absolute atomic E-state index is 13.5. The lowest BCUT2D eigenvalue weighted by Crippen LogP contribution is -2.05. The topological polar surface area (TPSA) is 44.5 Å². The van der Waals surface area contributed by atoms with E-state index in [2.05, 4.69) is 0 Å². The van der Waals surface area contributed by atoms with Crippen LogP contribution in [0.25, 0.3) is 11.1 Å². The van der Waals surface area contributed by atoms with E-state index in [1.165, 1.54) is 12.1 Å². The molecule has 1 unspecified atom stereocenters. The molecule has 0 aromatic heterocycles. The summed E-state index contributed by atoms with van der Waals surface area (Å²) in [4.78, 5) is 0.